The molecule has 1 N–H and O–H groups in total. The van der Waals surface area contributed by atoms with E-state index < -0.39 is 5.67 Å². The summed E-state index contributed by atoms with van der Waals surface area (Å²) in [6.45, 7) is 2.70. The molecule has 0 aromatic rings. The Hall–Kier alpha value is -0.550. The number of terminal acetylenes is 1. The summed E-state index contributed by atoms with van der Waals surface area (Å²) in [5.41, 5.74) is -1.10. The van der Waals surface area contributed by atoms with Crippen molar-refractivity contribution >= 4 is 0 Å². The van der Waals surface area contributed by atoms with Gasteiger partial charge in [-0.25, -0.2) is 4.39 Å². The lowest BCUT2D eigenvalue weighted by Crippen LogP contribution is -2.39. The minimum atomic E-state index is -1.10. The third-order valence-corrected chi connectivity index (χ3v) is 2.87. The van der Waals surface area contributed by atoms with Crippen LogP contribution in [0.3, 0.4) is 0 Å². The molecule has 1 heterocycles. The molecule has 1 nitrogen and oxygen atoms in total. The first kappa shape index (κ1) is 11.5. The van der Waals surface area contributed by atoms with Crippen LogP contribution < -0.4 is 5.32 Å². The summed E-state index contributed by atoms with van der Waals surface area (Å²) in [6, 6.07) is 0.358. The molecule has 1 fully saturated rings. The maximum Gasteiger partial charge on any atom is 0.110 e. The molecule has 0 bridgehead atoms. The molecule has 2 unspecified atom stereocenters. The van der Waals surface area contributed by atoms with Crippen LogP contribution in [-0.4, -0.2) is 18.3 Å². The Kier molecular flexibility index (Phi) is 4.41. The monoisotopic (exact) mass is 197 g/mol. The fourth-order valence-electron chi connectivity index (χ4n) is 2.05. The van der Waals surface area contributed by atoms with Gasteiger partial charge in [-0.05, 0) is 39.2 Å². The summed E-state index contributed by atoms with van der Waals surface area (Å²) < 4.78 is 13.9. The molecule has 1 aliphatic heterocycles. The lowest BCUT2D eigenvalue weighted by Gasteiger charge is -2.29. The molecule has 0 saturated carbocycles. The lowest BCUT2D eigenvalue weighted by atomic mass is 9.90. The molecule has 2 heteroatoms. The molecule has 0 radical (unpaired) electrons. The number of nitrogens with one attached hydrogen (secondary N) is 1. The van der Waals surface area contributed by atoms with Crippen LogP contribution in [0.5, 0.6) is 0 Å². The standard InChI is InChI=1S/C12H20FN/c1-3-4-8-12(2,13)10-11-7-5-6-9-14-11/h1,11,14H,4-10H2,2H3. The third kappa shape index (κ3) is 4.11. The smallest absolute Gasteiger partial charge is 0.110 e. The summed E-state index contributed by atoms with van der Waals surface area (Å²) >= 11 is 0. The Balaban J connectivity index is 2.29. The summed E-state index contributed by atoms with van der Waals surface area (Å²) in [4.78, 5) is 0. The predicted molar refractivity (Wildman–Crippen MR) is 57.8 cm³/mol. The molecule has 1 saturated heterocycles. The number of rotatable bonds is 4. The molecule has 2 atom stereocenters. The SMILES string of the molecule is C#CCCC(C)(F)CC1CCCCN1. The second-order valence-electron chi connectivity index (χ2n) is 4.47. The molecule has 0 aromatic heterocycles. The molecular weight excluding hydrogens is 177 g/mol. The van der Waals surface area contributed by atoms with Crippen molar-refractivity contribution in [1.29, 1.82) is 0 Å². The van der Waals surface area contributed by atoms with Gasteiger partial charge in [-0.3, -0.25) is 0 Å². The van der Waals surface area contributed by atoms with Crippen molar-refractivity contribution in [2.24, 2.45) is 0 Å². The van der Waals surface area contributed by atoms with E-state index in [1.807, 2.05) is 0 Å². The van der Waals surface area contributed by atoms with Crippen molar-refractivity contribution in [2.45, 2.75) is 57.2 Å². The van der Waals surface area contributed by atoms with Gasteiger partial charge in [0.15, 0.2) is 0 Å². The number of alkyl halides is 1. The van der Waals surface area contributed by atoms with Gasteiger partial charge < -0.3 is 5.32 Å². The van der Waals surface area contributed by atoms with Crippen LogP contribution in [0.4, 0.5) is 4.39 Å². The van der Waals surface area contributed by atoms with Crippen LogP contribution in [0, 0.1) is 12.3 Å². The number of halogens is 1. The maximum atomic E-state index is 13.9. The summed E-state index contributed by atoms with van der Waals surface area (Å²) in [5.74, 6) is 2.50. The van der Waals surface area contributed by atoms with Crippen molar-refractivity contribution < 1.29 is 4.39 Å². The zero-order chi connectivity index (χ0) is 10.4. The van der Waals surface area contributed by atoms with Crippen LogP contribution in [0.25, 0.3) is 0 Å². The van der Waals surface area contributed by atoms with Crippen molar-refractivity contribution in [3.05, 3.63) is 0 Å². The van der Waals surface area contributed by atoms with E-state index in [-0.39, 0.29) is 0 Å². The van der Waals surface area contributed by atoms with Crippen molar-refractivity contribution in [2.75, 3.05) is 6.54 Å². The fourth-order valence-corrected chi connectivity index (χ4v) is 2.05. The van der Waals surface area contributed by atoms with Crippen molar-refractivity contribution in [3.8, 4) is 12.3 Å². The van der Waals surface area contributed by atoms with Crippen LogP contribution in [0.15, 0.2) is 0 Å². The minimum Gasteiger partial charge on any atom is -0.314 e. The Bertz CT molecular complexity index is 199. The fraction of sp³-hybridized carbons (Fsp3) is 0.833. The highest BCUT2D eigenvalue weighted by atomic mass is 19.1. The van der Waals surface area contributed by atoms with Gasteiger partial charge in [-0.15, -0.1) is 12.3 Å². The first-order chi connectivity index (χ1) is 6.64. The molecule has 1 aliphatic rings. The highest BCUT2D eigenvalue weighted by molar-refractivity contribution is 4.90. The molecule has 0 aliphatic carbocycles. The van der Waals surface area contributed by atoms with Crippen LogP contribution in [0.2, 0.25) is 0 Å². The Labute approximate surface area is 86.5 Å². The van der Waals surface area contributed by atoms with E-state index >= 15 is 0 Å². The van der Waals surface area contributed by atoms with Gasteiger partial charge in [0.1, 0.15) is 5.67 Å². The average Bonchev–Trinajstić information content (AvgIpc) is 2.16. The first-order valence-electron chi connectivity index (χ1n) is 5.50. The van der Waals surface area contributed by atoms with E-state index in [1.165, 1.54) is 12.8 Å². The number of piperidine rings is 1. The van der Waals surface area contributed by atoms with Crippen LogP contribution in [0.1, 0.15) is 45.4 Å². The molecule has 1 rings (SSSR count). The van der Waals surface area contributed by atoms with E-state index in [4.69, 9.17) is 6.42 Å². The molecule has 0 spiro atoms. The van der Waals surface area contributed by atoms with Gasteiger partial charge in [-0.1, -0.05) is 6.42 Å². The maximum absolute atomic E-state index is 13.9. The predicted octanol–water partition coefficient (Wildman–Crippen LogP) is 2.66. The van der Waals surface area contributed by atoms with Gasteiger partial charge in [0, 0.05) is 12.5 Å². The topological polar surface area (TPSA) is 12.0 Å². The molecule has 0 aromatic carbocycles. The Morgan fingerprint density at radius 1 is 1.57 bits per heavy atom. The zero-order valence-corrected chi connectivity index (χ0v) is 8.98. The summed E-state index contributed by atoms with van der Waals surface area (Å²) in [5, 5.41) is 3.36. The first-order valence-corrected chi connectivity index (χ1v) is 5.50. The highest BCUT2D eigenvalue weighted by Gasteiger charge is 2.27. The number of hydrogen-bond acceptors (Lipinski definition) is 1. The van der Waals surface area contributed by atoms with E-state index in [0.717, 1.165) is 13.0 Å². The van der Waals surface area contributed by atoms with Gasteiger partial charge in [0.25, 0.3) is 0 Å². The lowest BCUT2D eigenvalue weighted by molar-refractivity contribution is 0.136. The van der Waals surface area contributed by atoms with Crippen molar-refractivity contribution in [1.82, 2.24) is 5.32 Å². The largest absolute Gasteiger partial charge is 0.314 e. The van der Waals surface area contributed by atoms with E-state index in [1.54, 1.807) is 6.92 Å². The summed E-state index contributed by atoms with van der Waals surface area (Å²) in [6.07, 6.45) is 10.3. The Morgan fingerprint density at radius 2 is 2.36 bits per heavy atom. The number of hydrogen-bond donors (Lipinski definition) is 1. The van der Waals surface area contributed by atoms with E-state index in [2.05, 4.69) is 11.2 Å². The van der Waals surface area contributed by atoms with Gasteiger partial charge in [0.05, 0.1) is 0 Å². The molecule has 0 amide bonds. The quantitative estimate of drug-likeness (QED) is 0.683. The second-order valence-corrected chi connectivity index (χ2v) is 4.47. The zero-order valence-electron chi connectivity index (χ0n) is 8.98. The van der Waals surface area contributed by atoms with Crippen molar-refractivity contribution in [3.63, 3.8) is 0 Å². The van der Waals surface area contributed by atoms with E-state index in [0.29, 0.717) is 25.3 Å². The molecule has 80 valence electrons. The van der Waals surface area contributed by atoms with Gasteiger partial charge in [-0.2, -0.15) is 0 Å². The second kappa shape index (κ2) is 5.36. The highest BCUT2D eigenvalue weighted by Crippen LogP contribution is 2.26. The minimum absolute atomic E-state index is 0.358. The van der Waals surface area contributed by atoms with Gasteiger partial charge in [0.2, 0.25) is 0 Å². The van der Waals surface area contributed by atoms with Crippen LogP contribution in [-0.2, 0) is 0 Å². The Morgan fingerprint density at radius 3 is 2.93 bits per heavy atom. The van der Waals surface area contributed by atoms with E-state index in [9.17, 15) is 4.39 Å². The third-order valence-electron chi connectivity index (χ3n) is 2.87. The normalized spacial score (nSPS) is 26.5. The van der Waals surface area contributed by atoms with Gasteiger partial charge >= 0.3 is 0 Å². The molecular formula is C12H20FN. The molecule has 14 heavy (non-hydrogen) atoms. The van der Waals surface area contributed by atoms with Crippen LogP contribution >= 0.6 is 0 Å². The summed E-state index contributed by atoms with van der Waals surface area (Å²) in [7, 11) is 0. The average molecular weight is 197 g/mol.